The van der Waals surface area contributed by atoms with E-state index >= 15 is 4.39 Å². The molecule has 1 aliphatic rings. The molecule has 3 N–H and O–H groups in total. The number of nitrogens with one attached hydrogen (secondary N) is 1. The van der Waals surface area contributed by atoms with Crippen molar-refractivity contribution >= 4 is 17.4 Å². The molecule has 0 bridgehead atoms. The first-order chi connectivity index (χ1) is 17.8. The van der Waals surface area contributed by atoms with E-state index in [-0.39, 0.29) is 27.8 Å². The maximum Gasteiger partial charge on any atom is 0.254 e. The number of H-pyrrole nitrogens is 1. The zero-order valence-corrected chi connectivity index (χ0v) is 20.3. The zero-order valence-electron chi connectivity index (χ0n) is 19.6. The number of imidazole rings is 1. The van der Waals surface area contributed by atoms with Crippen molar-refractivity contribution in [1.82, 2.24) is 49.7 Å². The highest BCUT2D eigenvalue weighted by atomic mass is 35.5. The van der Waals surface area contributed by atoms with Crippen molar-refractivity contribution in [3.8, 4) is 28.3 Å². The summed E-state index contributed by atoms with van der Waals surface area (Å²) in [6.45, 7) is 3.76. The summed E-state index contributed by atoms with van der Waals surface area (Å²) in [7, 11) is 0. The highest BCUT2D eigenvalue weighted by Crippen LogP contribution is 2.39. The van der Waals surface area contributed by atoms with E-state index < -0.39 is 11.9 Å². The zero-order chi connectivity index (χ0) is 25.8. The van der Waals surface area contributed by atoms with Gasteiger partial charge in [-0.2, -0.15) is 4.68 Å². The molecule has 14 heteroatoms. The number of benzene rings is 1. The number of nitrogens with two attached hydrogens (primary N) is 1. The molecule has 0 aliphatic carbocycles. The van der Waals surface area contributed by atoms with Gasteiger partial charge in [-0.3, -0.25) is 9.36 Å². The third kappa shape index (κ3) is 3.74. The quantitative estimate of drug-likeness (QED) is 0.364. The largest absolute Gasteiger partial charge is 0.382 e. The summed E-state index contributed by atoms with van der Waals surface area (Å²) in [5.74, 6) is 0.592. The van der Waals surface area contributed by atoms with Crippen LogP contribution in [0.2, 0.25) is 5.02 Å². The summed E-state index contributed by atoms with van der Waals surface area (Å²) >= 11 is 6.08. The Morgan fingerprint density at radius 3 is 2.81 bits per heavy atom. The fraction of sp³-hybridized carbons (Fsp3) is 0.217. The summed E-state index contributed by atoms with van der Waals surface area (Å²) < 4.78 is 18.2. The number of nitrogens with zero attached hydrogens (tertiary/aromatic N) is 9. The second kappa shape index (κ2) is 8.55. The van der Waals surface area contributed by atoms with Crippen LogP contribution in [0.3, 0.4) is 0 Å². The summed E-state index contributed by atoms with van der Waals surface area (Å²) in [5, 5.41) is 11.0. The number of aromatic nitrogens is 10. The van der Waals surface area contributed by atoms with Gasteiger partial charge in [0.05, 0.1) is 51.8 Å². The number of hydrogen-bond donors (Lipinski definition) is 2. The standard InChI is InChI=1S/C23H19ClFN11O/c1-10-5-16(22-28-7-14(31-22)21-11(2)30-17(26)8-27-21)36-18(37)6-13(32-23(10)36)19-15(35-9-29-33-34-35)4-3-12(24)20(19)25/h3-4,6-10,16H,5H2,1-2H3,(H2,26,30)(H,28,31)/t10?,16-/m1/s1. The van der Waals surface area contributed by atoms with Crippen LogP contribution in [0.4, 0.5) is 10.2 Å². The molecule has 1 aromatic carbocycles. The molecular formula is C23H19ClFN11O. The van der Waals surface area contributed by atoms with E-state index in [1.165, 1.54) is 29.3 Å². The number of anilines is 1. The first-order valence-corrected chi connectivity index (χ1v) is 11.7. The Bertz CT molecular complexity index is 1710. The number of halogens is 2. The van der Waals surface area contributed by atoms with E-state index in [0.717, 1.165) is 0 Å². The van der Waals surface area contributed by atoms with Crippen LogP contribution in [0.15, 0.2) is 41.7 Å². The minimum absolute atomic E-state index is 0.0358. The average Bonchev–Trinajstić information content (AvgIpc) is 3.62. The molecule has 2 atom stereocenters. The van der Waals surface area contributed by atoms with Crippen molar-refractivity contribution in [2.24, 2.45) is 0 Å². The molecule has 0 saturated carbocycles. The molecular weight excluding hydrogens is 501 g/mol. The van der Waals surface area contributed by atoms with Gasteiger partial charge in [0, 0.05) is 12.0 Å². The van der Waals surface area contributed by atoms with E-state index in [1.54, 1.807) is 23.8 Å². The summed E-state index contributed by atoms with van der Waals surface area (Å²) in [5.41, 5.74) is 7.78. The van der Waals surface area contributed by atoms with Gasteiger partial charge < -0.3 is 10.7 Å². The van der Waals surface area contributed by atoms with Gasteiger partial charge in [0.1, 0.15) is 29.5 Å². The second-order valence-corrected chi connectivity index (χ2v) is 9.19. The van der Waals surface area contributed by atoms with Crippen LogP contribution in [0.1, 0.15) is 42.6 Å². The first kappa shape index (κ1) is 22.9. The lowest BCUT2D eigenvalue weighted by atomic mass is 10.1. The number of nitrogen functional groups attached to an aromatic ring is 1. The number of aryl methyl sites for hydroxylation is 1. The van der Waals surface area contributed by atoms with Crippen molar-refractivity contribution < 1.29 is 4.39 Å². The molecule has 5 heterocycles. The Kier molecular flexibility index (Phi) is 5.30. The number of rotatable bonds is 4. The third-order valence-electron chi connectivity index (χ3n) is 6.37. The van der Waals surface area contributed by atoms with E-state index in [4.69, 9.17) is 22.3 Å². The minimum atomic E-state index is -0.718. The van der Waals surface area contributed by atoms with Crippen LogP contribution in [0, 0.1) is 12.7 Å². The summed E-state index contributed by atoms with van der Waals surface area (Å²) in [4.78, 5) is 34.5. The molecule has 0 saturated heterocycles. The molecule has 6 rings (SSSR count). The van der Waals surface area contributed by atoms with Gasteiger partial charge in [-0.05, 0) is 35.9 Å². The molecule has 0 amide bonds. The second-order valence-electron chi connectivity index (χ2n) is 8.78. The van der Waals surface area contributed by atoms with Gasteiger partial charge in [-0.1, -0.05) is 18.5 Å². The van der Waals surface area contributed by atoms with E-state index in [1.807, 2.05) is 6.92 Å². The lowest BCUT2D eigenvalue weighted by Gasteiger charge is -2.15. The highest BCUT2D eigenvalue weighted by molar-refractivity contribution is 6.31. The minimum Gasteiger partial charge on any atom is -0.382 e. The highest BCUT2D eigenvalue weighted by Gasteiger charge is 2.34. The smallest absolute Gasteiger partial charge is 0.254 e. The maximum absolute atomic E-state index is 15.3. The van der Waals surface area contributed by atoms with Crippen LogP contribution in [-0.4, -0.2) is 49.7 Å². The fourth-order valence-electron chi connectivity index (χ4n) is 4.71. The van der Waals surface area contributed by atoms with Crippen LogP contribution in [-0.2, 0) is 0 Å². The number of tetrazole rings is 1. The summed E-state index contributed by atoms with van der Waals surface area (Å²) in [6.07, 6.45) is 5.03. The monoisotopic (exact) mass is 519 g/mol. The van der Waals surface area contributed by atoms with Crippen LogP contribution in [0.5, 0.6) is 0 Å². The van der Waals surface area contributed by atoms with Gasteiger partial charge in [0.15, 0.2) is 5.82 Å². The Hall–Kier alpha value is -4.52. The van der Waals surface area contributed by atoms with Gasteiger partial charge in [-0.15, -0.1) is 5.10 Å². The summed E-state index contributed by atoms with van der Waals surface area (Å²) in [6, 6.07) is 3.87. The van der Waals surface area contributed by atoms with E-state index in [2.05, 4.69) is 35.5 Å². The predicted molar refractivity (Wildman–Crippen MR) is 132 cm³/mol. The SMILES string of the molecule is Cc1nc(N)cnc1-c1cnc([C@H]2CC(C)c3nc(-c4c(-n5cnnn5)ccc(Cl)c4F)cc(=O)n32)[nH]1. The first-order valence-electron chi connectivity index (χ1n) is 11.3. The predicted octanol–water partition coefficient (Wildman–Crippen LogP) is 2.85. The Morgan fingerprint density at radius 2 is 2.05 bits per heavy atom. The van der Waals surface area contributed by atoms with Crippen molar-refractivity contribution in [3.63, 3.8) is 0 Å². The van der Waals surface area contributed by atoms with Crippen molar-refractivity contribution in [3.05, 3.63) is 75.5 Å². The van der Waals surface area contributed by atoms with Gasteiger partial charge in [0.2, 0.25) is 0 Å². The molecule has 0 radical (unpaired) electrons. The van der Waals surface area contributed by atoms with Gasteiger partial charge >= 0.3 is 0 Å². The third-order valence-corrected chi connectivity index (χ3v) is 6.66. The van der Waals surface area contributed by atoms with Crippen molar-refractivity contribution in [2.45, 2.75) is 32.2 Å². The van der Waals surface area contributed by atoms with Gasteiger partial charge in [0.25, 0.3) is 5.56 Å². The molecule has 4 aromatic heterocycles. The molecule has 186 valence electrons. The molecule has 1 aliphatic heterocycles. The normalized spacial score (nSPS) is 16.8. The molecule has 5 aromatic rings. The number of hydrogen-bond acceptors (Lipinski definition) is 9. The Morgan fingerprint density at radius 1 is 1.22 bits per heavy atom. The average molecular weight is 520 g/mol. The Balaban J connectivity index is 1.44. The molecule has 37 heavy (non-hydrogen) atoms. The lowest BCUT2D eigenvalue weighted by Crippen LogP contribution is -2.25. The molecule has 1 unspecified atom stereocenters. The molecule has 12 nitrogen and oxygen atoms in total. The van der Waals surface area contributed by atoms with Crippen LogP contribution < -0.4 is 11.3 Å². The van der Waals surface area contributed by atoms with E-state index in [0.29, 0.717) is 46.7 Å². The van der Waals surface area contributed by atoms with Crippen molar-refractivity contribution in [2.75, 3.05) is 5.73 Å². The van der Waals surface area contributed by atoms with E-state index in [9.17, 15) is 4.79 Å². The molecule has 0 fully saturated rings. The fourth-order valence-corrected chi connectivity index (χ4v) is 4.87. The van der Waals surface area contributed by atoms with Crippen LogP contribution >= 0.6 is 11.6 Å². The topological polar surface area (TPSA) is 159 Å². The lowest BCUT2D eigenvalue weighted by molar-refractivity contribution is 0.555. The number of aromatic amines is 1. The maximum atomic E-state index is 15.3. The van der Waals surface area contributed by atoms with Crippen molar-refractivity contribution in [1.29, 1.82) is 0 Å². The number of fused-ring (bicyclic) bond motifs is 1. The Labute approximate surface area is 213 Å². The van der Waals surface area contributed by atoms with Gasteiger partial charge in [-0.25, -0.2) is 24.3 Å². The van der Waals surface area contributed by atoms with Crippen LogP contribution in [0.25, 0.3) is 28.3 Å². The molecule has 0 spiro atoms.